The smallest absolute Gasteiger partial charge is 0.433 e. The Morgan fingerprint density at radius 3 is 2.62 bits per heavy atom. The summed E-state index contributed by atoms with van der Waals surface area (Å²) in [6, 6.07) is 9.05. The number of hydrogen-bond acceptors (Lipinski definition) is 4. The van der Waals surface area contributed by atoms with Gasteiger partial charge >= 0.3 is 6.18 Å². The van der Waals surface area contributed by atoms with Crippen molar-refractivity contribution >= 4 is 11.6 Å². The minimum Gasteiger partial charge on any atom is -0.497 e. The fraction of sp³-hybridized carbons (Fsp3) is 0.480. The fourth-order valence-electron chi connectivity index (χ4n) is 6.06. The van der Waals surface area contributed by atoms with E-state index in [1.54, 1.807) is 29.2 Å². The Kier molecular flexibility index (Phi) is 4.97. The third-order valence-electron chi connectivity index (χ3n) is 6.98. The second-order valence-corrected chi connectivity index (χ2v) is 10.7. The highest BCUT2D eigenvalue weighted by Gasteiger charge is 2.51. The average molecular weight is 473 g/mol. The first-order valence-electron chi connectivity index (χ1n) is 11.3. The molecule has 9 heteroatoms. The lowest BCUT2D eigenvalue weighted by Gasteiger charge is -2.39. The number of benzene rings is 1. The Bertz CT molecular complexity index is 1280. The first-order valence-corrected chi connectivity index (χ1v) is 11.3. The van der Waals surface area contributed by atoms with E-state index in [1.807, 2.05) is 0 Å². The number of alkyl halides is 3. The zero-order valence-electron chi connectivity index (χ0n) is 19.6. The number of amides is 1. The van der Waals surface area contributed by atoms with Gasteiger partial charge in [-0.25, -0.2) is 9.50 Å². The van der Waals surface area contributed by atoms with Gasteiger partial charge in [0, 0.05) is 24.2 Å². The number of carbonyl (C=O) groups excluding carboxylic acids is 1. The Labute approximate surface area is 195 Å². The zero-order valence-corrected chi connectivity index (χ0v) is 19.6. The van der Waals surface area contributed by atoms with E-state index in [2.05, 4.69) is 30.9 Å². The van der Waals surface area contributed by atoms with Crippen LogP contribution >= 0.6 is 0 Å². The van der Waals surface area contributed by atoms with Crippen molar-refractivity contribution < 1.29 is 22.7 Å². The van der Waals surface area contributed by atoms with Crippen LogP contribution in [0, 0.1) is 10.8 Å². The SMILES string of the molecule is COc1cccc(-c2cc(C(F)(F)F)n3nc(C(=O)N4C[C@]5(C)C[C@H]4CC(C)(C)C5)cc3n2)c1. The van der Waals surface area contributed by atoms with Gasteiger partial charge in [0.2, 0.25) is 0 Å². The van der Waals surface area contributed by atoms with Crippen molar-refractivity contribution in [3.63, 3.8) is 0 Å². The molecule has 1 saturated heterocycles. The zero-order chi connectivity index (χ0) is 24.5. The van der Waals surface area contributed by atoms with Crippen LogP contribution in [0.25, 0.3) is 16.9 Å². The Morgan fingerprint density at radius 1 is 1.15 bits per heavy atom. The van der Waals surface area contributed by atoms with Gasteiger partial charge in [-0.15, -0.1) is 0 Å². The van der Waals surface area contributed by atoms with Gasteiger partial charge in [-0.05, 0) is 48.3 Å². The molecule has 2 bridgehead atoms. The number of hydrogen-bond donors (Lipinski definition) is 0. The second kappa shape index (κ2) is 7.45. The van der Waals surface area contributed by atoms with E-state index in [9.17, 15) is 18.0 Å². The molecule has 2 aliphatic rings. The normalized spacial score (nSPS) is 24.0. The molecule has 1 aliphatic heterocycles. The number of rotatable bonds is 3. The molecule has 3 heterocycles. The molecule has 5 rings (SSSR count). The maximum absolute atomic E-state index is 14.0. The van der Waals surface area contributed by atoms with Crippen LogP contribution in [0.5, 0.6) is 5.75 Å². The lowest BCUT2D eigenvalue weighted by molar-refractivity contribution is -0.142. The van der Waals surface area contributed by atoms with Crippen LogP contribution in [0.2, 0.25) is 0 Å². The van der Waals surface area contributed by atoms with Gasteiger partial charge in [0.1, 0.15) is 5.75 Å². The third-order valence-corrected chi connectivity index (χ3v) is 6.98. The van der Waals surface area contributed by atoms with Crippen molar-refractivity contribution in [1.82, 2.24) is 19.5 Å². The van der Waals surface area contributed by atoms with E-state index in [4.69, 9.17) is 4.74 Å². The Balaban J connectivity index is 1.57. The summed E-state index contributed by atoms with van der Waals surface area (Å²) in [6.45, 7) is 7.18. The molecular formula is C25H27F3N4O2. The number of carbonyl (C=O) groups is 1. The fourth-order valence-corrected chi connectivity index (χ4v) is 6.06. The van der Waals surface area contributed by atoms with Gasteiger partial charge in [0.25, 0.3) is 5.91 Å². The van der Waals surface area contributed by atoms with E-state index < -0.39 is 11.9 Å². The maximum atomic E-state index is 14.0. The van der Waals surface area contributed by atoms with E-state index in [1.165, 1.54) is 13.2 Å². The van der Waals surface area contributed by atoms with Gasteiger partial charge in [-0.1, -0.05) is 32.9 Å². The van der Waals surface area contributed by atoms with Gasteiger partial charge in [-0.2, -0.15) is 18.3 Å². The molecule has 0 N–H and O–H groups in total. The van der Waals surface area contributed by atoms with Crippen molar-refractivity contribution in [2.75, 3.05) is 13.7 Å². The van der Waals surface area contributed by atoms with Crippen molar-refractivity contribution in [2.45, 2.75) is 52.3 Å². The van der Waals surface area contributed by atoms with Crippen LogP contribution in [-0.2, 0) is 6.18 Å². The highest BCUT2D eigenvalue weighted by atomic mass is 19.4. The minimum absolute atomic E-state index is 0.0101. The number of methoxy groups -OCH3 is 1. The molecule has 1 saturated carbocycles. The average Bonchev–Trinajstić information content (AvgIpc) is 3.28. The monoisotopic (exact) mass is 472 g/mol. The van der Waals surface area contributed by atoms with Crippen molar-refractivity contribution in [1.29, 1.82) is 0 Å². The molecular weight excluding hydrogens is 445 g/mol. The first kappa shape index (κ1) is 22.7. The van der Waals surface area contributed by atoms with Crippen LogP contribution in [0.4, 0.5) is 13.2 Å². The molecule has 2 aromatic heterocycles. The predicted octanol–water partition coefficient (Wildman–Crippen LogP) is 5.46. The highest BCUT2D eigenvalue weighted by Crippen LogP contribution is 2.52. The van der Waals surface area contributed by atoms with E-state index in [-0.39, 0.29) is 39.8 Å². The summed E-state index contributed by atoms with van der Waals surface area (Å²) >= 11 is 0. The first-order chi connectivity index (χ1) is 15.9. The number of halogens is 3. The molecule has 34 heavy (non-hydrogen) atoms. The number of fused-ring (bicyclic) bond motifs is 3. The van der Waals surface area contributed by atoms with Gasteiger partial charge in [-0.3, -0.25) is 4.79 Å². The largest absolute Gasteiger partial charge is 0.497 e. The summed E-state index contributed by atoms with van der Waals surface area (Å²) in [5.74, 6) is 0.168. The van der Waals surface area contributed by atoms with Crippen LogP contribution in [-0.4, -0.2) is 45.1 Å². The molecule has 3 aromatic rings. The summed E-state index contributed by atoms with van der Waals surface area (Å²) < 4.78 is 47.8. The second-order valence-electron chi connectivity index (χ2n) is 10.7. The highest BCUT2D eigenvalue weighted by molar-refractivity contribution is 5.94. The van der Waals surface area contributed by atoms with Crippen molar-refractivity contribution in [3.05, 3.63) is 47.8 Å². The van der Waals surface area contributed by atoms with Gasteiger partial charge in [0.05, 0.1) is 12.8 Å². The number of ether oxygens (including phenoxy) is 1. The van der Waals surface area contributed by atoms with Crippen LogP contribution in [0.3, 0.4) is 0 Å². The standard InChI is InChI=1S/C25H27F3N4O2/c1-23(2)11-16-12-24(3,13-23)14-31(16)22(33)19-10-21-29-18(15-6-5-7-17(8-15)34-4)9-20(25(26,27)28)32(21)30-19/h5-10,16H,11-14H2,1-4H3/t16-,24-/m1/s1. The molecule has 0 radical (unpaired) electrons. The number of nitrogens with zero attached hydrogens (tertiary/aromatic N) is 4. The summed E-state index contributed by atoms with van der Waals surface area (Å²) in [7, 11) is 1.49. The van der Waals surface area contributed by atoms with Crippen molar-refractivity contribution in [2.24, 2.45) is 10.8 Å². The Morgan fingerprint density at radius 2 is 1.91 bits per heavy atom. The van der Waals surface area contributed by atoms with E-state index >= 15 is 0 Å². The topological polar surface area (TPSA) is 59.7 Å². The summed E-state index contributed by atoms with van der Waals surface area (Å²) in [4.78, 5) is 19.6. The molecule has 180 valence electrons. The minimum atomic E-state index is -4.68. The molecule has 2 atom stereocenters. The predicted molar refractivity (Wildman–Crippen MR) is 121 cm³/mol. The summed E-state index contributed by atoms with van der Waals surface area (Å²) in [6.07, 6.45) is -1.90. The third kappa shape index (κ3) is 3.91. The molecule has 2 fully saturated rings. The maximum Gasteiger partial charge on any atom is 0.433 e. The lowest BCUT2D eigenvalue weighted by Crippen LogP contribution is -2.37. The Hall–Kier alpha value is -3.10. The summed E-state index contributed by atoms with van der Waals surface area (Å²) in [5.41, 5.74) is -0.297. The van der Waals surface area contributed by atoms with Crippen LogP contribution < -0.4 is 4.74 Å². The molecule has 1 amide bonds. The molecule has 0 spiro atoms. The van der Waals surface area contributed by atoms with Crippen molar-refractivity contribution in [3.8, 4) is 17.0 Å². The van der Waals surface area contributed by atoms with Gasteiger partial charge in [0.15, 0.2) is 17.0 Å². The quantitative estimate of drug-likeness (QED) is 0.508. The lowest BCUT2D eigenvalue weighted by atomic mass is 9.65. The van der Waals surface area contributed by atoms with E-state index in [0.717, 1.165) is 29.8 Å². The molecule has 1 aliphatic carbocycles. The van der Waals surface area contributed by atoms with E-state index in [0.29, 0.717) is 17.9 Å². The number of aromatic nitrogens is 3. The number of likely N-dealkylation sites (tertiary alicyclic amines) is 1. The van der Waals surface area contributed by atoms with Crippen LogP contribution in [0.15, 0.2) is 36.4 Å². The van der Waals surface area contributed by atoms with Crippen LogP contribution in [0.1, 0.15) is 56.2 Å². The summed E-state index contributed by atoms with van der Waals surface area (Å²) in [5, 5.41) is 4.08. The van der Waals surface area contributed by atoms with Gasteiger partial charge < -0.3 is 9.64 Å². The molecule has 6 nitrogen and oxygen atoms in total. The molecule has 0 unspecified atom stereocenters. The molecule has 1 aromatic carbocycles.